The number of methoxy groups -OCH3 is 1. The monoisotopic (exact) mass is 328 g/mol. The second-order valence-corrected chi connectivity index (χ2v) is 5.00. The van der Waals surface area contributed by atoms with Gasteiger partial charge in [-0.25, -0.2) is 4.79 Å². The maximum Gasteiger partial charge on any atom is 0.337 e. The lowest BCUT2D eigenvalue weighted by Crippen LogP contribution is -2.29. The molecule has 0 aliphatic heterocycles. The molecular formula is C17H16N2O5. The number of carbonyl (C=O) groups excluding carboxylic acids is 3. The van der Waals surface area contributed by atoms with Crippen LogP contribution in [0.3, 0.4) is 0 Å². The summed E-state index contributed by atoms with van der Waals surface area (Å²) in [6.45, 7) is 1.79. The van der Waals surface area contributed by atoms with Crippen molar-refractivity contribution in [2.24, 2.45) is 0 Å². The Hall–Kier alpha value is -3.35. The highest BCUT2D eigenvalue weighted by Gasteiger charge is 2.16. The van der Waals surface area contributed by atoms with Crippen LogP contribution in [0.15, 0.2) is 42.5 Å². The van der Waals surface area contributed by atoms with Gasteiger partial charge >= 0.3 is 17.8 Å². The molecule has 0 aromatic heterocycles. The van der Waals surface area contributed by atoms with Crippen LogP contribution >= 0.6 is 0 Å². The Morgan fingerprint density at radius 2 is 1.58 bits per heavy atom. The molecule has 0 fully saturated rings. The van der Waals surface area contributed by atoms with Gasteiger partial charge in [0.2, 0.25) is 0 Å². The quantitative estimate of drug-likeness (QED) is 0.454. The van der Waals surface area contributed by atoms with Crippen LogP contribution in [-0.2, 0) is 14.3 Å². The molecule has 7 heteroatoms. The molecule has 24 heavy (non-hydrogen) atoms. The average Bonchev–Trinajstić information content (AvgIpc) is 2.58. The number of amides is 2. The van der Waals surface area contributed by atoms with Crippen molar-refractivity contribution in [1.29, 1.82) is 0 Å². The second kappa shape index (κ2) is 7.28. The van der Waals surface area contributed by atoms with Crippen molar-refractivity contribution < 1.29 is 24.2 Å². The minimum Gasteiger partial charge on any atom is -0.506 e. The lowest BCUT2D eigenvalue weighted by atomic mass is 10.2. The summed E-state index contributed by atoms with van der Waals surface area (Å²) in [7, 11) is 1.27. The van der Waals surface area contributed by atoms with E-state index < -0.39 is 17.8 Å². The molecule has 0 atom stereocenters. The van der Waals surface area contributed by atoms with E-state index in [9.17, 15) is 19.5 Å². The lowest BCUT2D eigenvalue weighted by Gasteiger charge is -2.09. The molecule has 0 radical (unpaired) electrons. The summed E-state index contributed by atoms with van der Waals surface area (Å²) in [5.74, 6) is -2.46. The van der Waals surface area contributed by atoms with E-state index in [2.05, 4.69) is 15.4 Å². The van der Waals surface area contributed by atoms with Gasteiger partial charge < -0.3 is 20.5 Å². The Morgan fingerprint density at radius 1 is 0.958 bits per heavy atom. The first-order chi connectivity index (χ1) is 11.4. The number of phenols is 1. The van der Waals surface area contributed by atoms with Gasteiger partial charge in [-0.15, -0.1) is 0 Å². The normalized spacial score (nSPS) is 9.92. The molecule has 3 N–H and O–H groups in total. The van der Waals surface area contributed by atoms with Crippen molar-refractivity contribution in [3.63, 3.8) is 0 Å². The summed E-state index contributed by atoms with van der Waals surface area (Å²) in [5.41, 5.74) is 1.64. The molecule has 0 spiro atoms. The Balaban J connectivity index is 2.02. The smallest absolute Gasteiger partial charge is 0.337 e. The fourth-order valence-corrected chi connectivity index (χ4v) is 1.92. The van der Waals surface area contributed by atoms with Crippen molar-refractivity contribution in [3.8, 4) is 5.75 Å². The van der Waals surface area contributed by atoms with Gasteiger partial charge in [0, 0.05) is 5.69 Å². The minimum absolute atomic E-state index is 0.135. The van der Waals surface area contributed by atoms with Gasteiger partial charge in [-0.1, -0.05) is 6.07 Å². The van der Waals surface area contributed by atoms with Crippen LogP contribution in [-0.4, -0.2) is 30.0 Å². The summed E-state index contributed by atoms with van der Waals surface area (Å²) in [6.07, 6.45) is 0. The zero-order valence-corrected chi connectivity index (χ0v) is 13.1. The fourth-order valence-electron chi connectivity index (χ4n) is 1.92. The van der Waals surface area contributed by atoms with E-state index in [1.807, 2.05) is 0 Å². The third kappa shape index (κ3) is 4.10. The Bertz CT molecular complexity index is 784. The van der Waals surface area contributed by atoms with Crippen LogP contribution in [0.2, 0.25) is 0 Å². The first kappa shape index (κ1) is 17.0. The van der Waals surface area contributed by atoms with Crippen molar-refractivity contribution in [2.75, 3.05) is 17.7 Å². The van der Waals surface area contributed by atoms with Gasteiger partial charge in [-0.2, -0.15) is 0 Å². The SMILES string of the molecule is COC(=O)c1ccc(NC(=O)C(=O)Nc2cc(C)ccc2O)cc1. The summed E-state index contributed by atoms with van der Waals surface area (Å²) in [4.78, 5) is 35.1. The Labute approximate surface area is 138 Å². The third-order valence-electron chi connectivity index (χ3n) is 3.17. The second-order valence-electron chi connectivity index (χ2n) is 5.00. The topological polar surface area (TPSA) is 105 Å². The van der Waals surface area contributed by atoms with Crippen molar-refractivity contribution in [1.82, 2.24) is 0 Å². The zero-order chi connectivity index (χ0) is 17.7. The number of nitrogens with one attached hydrogen (secondary N) is 2. The van der Waals surface area contributed by atoms with Crippen LogP contribution in [0.1, 0.15) is 15.9 Å². The number of hydrogen-bond donors (Lipinski definition) is 3. The predicted octanol–water partition coefficient (Wildman–Crippen LogP) is 2.06. The van der Waals surface area contributed by atoms with E-state index in [4.69, 9.17) is 0 Å². The van der Waals surface area contributed by atoms with Crippen molar-refractivity contribution in [3.05, 3.63) is 53.6 Å². The van der Waals surface area contributed by atoms with Gasteiger partial charge in [0.05, 0.1) is 18.4 Å². The molecule has 0 saturated carbocycles. The number of rotatable bonds is 3. The molecule has 0 aliphatic rings. The average molecular weight is 328 g/mol. The number of anilines is 2. The van der Waals surface area contributed by atoms with Crippen molar-refractivity contribution >= 4 is 29.2 Å². The molecule has 0 aliphatic carbocycles. The van der Waals surface area contributed by atoms with E-state index in [1.54, 1.807) is 19.1 Å². The fraction of sp³-hybridized carbons (Fsp3) is 0.118. The minimum atomic E-state index is -0.923. The van der Waals surface area contributed by atoms with E-state index in [-0.39, 0.29) is 11.4 Å². The molecule has 124 valence electrons. The largest absolute Gasteiger partial charge is 0.506 e. The van der Waals surface area contributed by atoms with Crippen molar-refractivity contribution in [2.45, 2.75) is 6.92 Å². The van der Waals surface area contributed by atoms with E-state index in [0.717, 1.165) is 5.56 Å². The van der Waals surface area contributed by atoms with Crippen LogP contribution in [0.4, 0.5) is 11.4 Å². The van der Waals surface area contributed by atoms with E-state index in [0.29, 0.717) is 11.3 Å². The predicted molar refractivity (Wildman–Crippen MR) is 87.9 cm³/mol. The van der Waals surface area contributed by atoms with Gasteiger partial charge in [-0.3, -0.25) is 9.59 Å². The maximum atomic E-state index is 11.9. The van der Waals surface area contributed by atoms with Gasteiger partial charge in [0.1, 0.15) is 5.75 Å². The summed E-state index contributed by atoms with van der Waals surface area (Å²) >= 11 is 0. The van der Waals surface area contributed by atoms with Crippen LogP contribution in [0.5, 0.6) is 5.75 Å². The Kier molecular flexibility index (Phi) is 5.16. The highest BCUT2D eigenvalue weighted by molar-refractivity contribution is 6.43. The molecule has 7 nitrogen and oxygen atoms in total. The lowest BCUT2D eigenvalue weighted by molar-refractivity contribution is -0.133. The van der Waals surface area contributed by atoms with Gasteiger partial charge in [0.25, 0.3) is 0 Å². The first-order valence-electron chi connectivity index (χ1n) is 7.01. The Morgan fingerprint density at radius 3 is 2.21 bits per heavy atom. The summed E-state index contributed by atoms with van der Waals surface area (Å²) in [6, 6.07) is 10.5. The molecule has 2 amide bonds. The van der Waals surface area contributed by atoms with Crippen LogP contribution in [0, 0.1) is 6.92 Å². The van der Waals surface area contributed by atoms with Crippen LogP contribution < -0.4 is 10.6 Å². The van der Waals surface area contributed by atoms with Crippen LogP contribution in [0.25, 0.3) is 0 Å². The highest BCUT2D eigenvalue weighted by Crippen LogP contribution is 2.23. The standard InChI is InChI=1S/C17H16N2O5/c1-10-3-8-14(20)13(9-10)19-16(22)15(21)18-12-6-4-11(5-7-12)17(23)24-2/h3-9,20H,1-2H3,(H,18,21)(H,19,22). The number of hydrogen-bond acceptors (Lipinski definition) is 5. The molecular weight excluding hydrogens is 312 g/mol. The molecule has 0 bridgehead atoms. The highest BCUT2D eigenvalue weighted by atomic mass is 16.5. The number of carbonyl (C=O) groups is 3. The first-order valence-corrected chi connectivity index (χ1v) is 7.01. The molecule has 2 aromatic carbocycles. The number of aromatic hydroxyl groups is 1. The maximum absolute atomic E-state index is 11.9. The number of phenolic OH excluding ortho intramolecular Hbond substituents is 1. The molecule has 0 saturated heterocycles. The van der Waals surface area contributed by atoms with Gasteiger partial charge in [0.15, 0.2) is 0 Å². The summed E-state index contributed by atoms with van der Waals surface area (Å²) < 4.78 is 4.57. The number of benzene rings is 2. The van der Waals surface area contributed by atoms with Gasteiger partial charge in [-0.05, 0) is 48.9 Å². The molecule has 2 aromatic rings. The molecule has 2 rings (SSSR count). The van der Waals surface area contributed by atoms with E-state index >= 15 is 0 Å². The molecule has 0 heterocycles. The number of ether oxygens (including phenoxy) is 1. The number of aryl methyl sites for hydroxylation is 1. The van der Waals surface area contributed by atoms with E-state index in [1.165, 1.54) is 37.4 Å². The third-order valence-corrected chi connectivity index (χ3v) is 3.17. The molecule has 0 unspecified atom stereocenters. The zero-order valence-electron chi connectivity index (χ0n) is 13.1. The summed E-state index contributed by atoms with van der Waals surface area (Å²) in [5, 5.41) is 14.4. The number of esters is 1.